The molecule has 0 spiro atoms. The van der Waals surface area contributed by atoms with Crippen LogP contribution in [0.25, 0.3) is 11.1 Å². The van der Waals surface area contributed by atoms with Crippen LogP contribution in [0.3, 0.4) is 0 Å². The maximum Gasteiger partial charge on any atom is 0.230 e. The molecule has 1 atom stereocenters. The van der Waals surface area contributed by atoms with Crippen molar-refractivity contribution >= 4 is 33.0 Å². The Morgan fingerprint density at radius 1 is 0.935 bits per heavy atom. The van der Waals surface area contributed by atoms with E-state index in [1.807, 2.05) is 30.0 Å². The Labute approximate surface area is 183 Å². The topological polar surface area (TPSA) is 74.8 Å². The van der Waals surface area contributed by atoms with Crippen LogP contribution in [0, 0.1) is 5.92 Å². The minimum Gasteiger partial charge on any atom is -0.308 e. The highest BCUT2D eigenvalue weighted by Crippen LogP contribution is 2.40. The van der Waals surface area contributed by atoms with Crippen LogP contribution in [0.4, 0.5) is 11.4 Å². The van der Waals surface area contributed by atoms with Crippen LogP contribution in [-0.2, 0) is 19.4 Å². The molecule has 0 bridgehead atoms. The molecule has 6 nitrogen and oxygen atoms in total. The van der Waals surface area contributed by atoms with Gasteiger partial charge in [-0.15, -0.1) is 0 Å². The highest BCUT2D eigenvalue weighted by molar-refractivity contribution is 7.90. The maximum absolute atomic E-state index is 13.3. The third-order valence-electron chi connectivity index (χ3n) is 6.34. The van der Waals surface area contributed by atoms with Crippen molar-refractivity contribution < 1.29 is 18.0 Å². The SMILES string of the molecule is CC(=O)N1c2ccc(-c3ccc(S(C)(=O)=O)cc3)cc2N(C(=O)C2CCCC2)CC1C. The molecular weight excluding hydrogens is 412 g/mol. The first-order chi connectivity index (χ1) is 14.7. The van der Waals surface area contributed by atoms with Gasteiger partial charge in [-0.05, 0) is 55.2 Å². The second-order valence-corrected chi connectivity index (χ2v) is 10.7. The number of hydrogen-bond acceptors (Lipinski definition) is 4. The van der Waals surface area contributed by atoms with E-state index in [2.05, 4.69) is 0 Å². The van der Waals surface area contributed by atoms with E-state index in [0.29, 0.717) is 6.54 Å². The zero-order valence-electron chi connectivity index (χ0n) is 18.2. The minimum absolute atomic E-state index is 0.0432. The van der Waals surface area contributed by atoms with Crippen molar-refractivity contribution in [2.75, 3.05) is 22.6 Å². The number of sulfone groups is 1. The number of anilines is 2. The zero-order valence-corrected chi connectivity index (χ0v) is 19.0. The quantitative estimate of drug-likeness (QED) is 0.722. The van der Waals surface area contributed by atoms with Crippen molar-refractivity contribution in [3.63, 3.8) is 0 Å². The summed E-state index contributed by atoms with van der Waals surface area (Å²) in [5.74, 6) is 0.131. The maximum atomic E-state index is 13.3. The summed E-state index contributed by atoms with van der Waals surface area (Å²) < 4.78 is 23.5. The van der Waals surface area contributed by atoms with Gasteiger partial charge in [0.25, 0.3) is 0 Å². The Morgan fingerprint density at radius 3 is 2.13 bits per heavy atom. The van der Waals surface area contributed by atoms with Crippen molar-refractivity contribution in [1.82, 2.24) is 0 Å². The average molecular weight is 441 g/mol. The lowest BCUT2D eigenvalue weighted by Crippen LogP contribution is -2.52. The molecule has 1 aliphatic carbocycles. The van der Waals surface area contributed by atoms with Crippen LogP contribution in [0.1, 0.15) is 39.5 Å². The molecule has 0 aromatic heterocycles. The summed E-state index contributed by atoms with van der Waals surface area (Å²) in [5, 5.41) is 0. The number of benzene rings is 2. The summed E-state index contributed by atoms with van der Waals surface area (Å²) in [6.45, 7) is 3.99. The standard InChI is InChI=1S/C24H28N2O4S/c1-16-15-25(24(28)19-6-4-5-7-19)23-14-20(10-13-22(23)26(16)17(2)27)18-8-11-21(12-9-18)31(3,29)30/h8-14,16,19H,4-7,15H2,1-3H3. The first-order valence-electron chi connectivity index (χ1n) is 10.7. The van der Waals surface area contributed by atoms with Gasteiger partial charge in [0.1, 0.15) is 0 Å². The molecule has 2 aromatic rings. The lowest BCUT2D eigenvalue weighted by atomic mass is 9.98. The normalized spacial score (nSPS) is 19.4. The van der Waals surface area contributed by atoms with E-state index in [1.165, 1.54) is 6.26 Å². The third kappa shape index (κ3) is 4.11. The van der Waals surface area contributed by atoms with Crippen LogP contribution in [0.5, 0.6) is 0 Å². The third-order valence-corrected chi connectivity index (χ3v) is 7.47. The Balaban J connectivity index is 1.77. The minimum atomic E-state index is -3.27. The number of nitrogens with zero attached hydrogens (tertiary/aromatic N) is 2. The number of rotatable bonds is 3. The monoisotopic (exact) mass is 440 g/mol. The fourth-order valence-electron chi connectivity index (χ4n) is 4.78. The molecule has 4 rings (SSSR count). The second-order valence-electron chi connectivity index (χ2n) is 8.67. The number of amides is 2. The van der Waals surface area contributed by atoms with Crippen LogP contribution in [0.15, 0.2) is 47.4 Å². The van der Waals surface area contributed by atoms with E-state index in [9.17, 15) is 18.0 Å². The van der Waals surface area contributed by atoms with Crippen molar-refractivity contribution in [3.8, 4) is 11.1 Å². The second kappa shape index (κ2) is 8.11. The molecule has 31 heavy (non-hydrogen) atoms. The van der Waals surface area contributed by atoms with Crippen molar-refractivity contribution in [3.05, 3.63) is 42.5 Å². The highest BCUT2D eigenvalue weighted by Gasteiger charge is 2.36. The zero-order chi connectivity index (χ0) is 22.3. The highest BCUT2D eigenvalue weighted by atomic mass is 32.2. The summed E-state index contributed by atoms with van der Waals surface area (Å²) >= 11 is 0. The molecule has 1 heterocycles. The van der Waals surface area contributed by atoms with Crippen molar-refractivity contribution in [2.45, 2.75) is 50.5 Å². The summed E-state index contributed by atoms with van der Waals surface area (Å²) in [7, 11) is -3.27. The fourth-order valence-corrected chi connectivity index (χ4v) is 5.41. The van der Waals surface area contributed by atoms with Gasteiger partial charge in [0, 0.05) is 25.6 Å². The van der Waals surface area contributed by atoms with Crippen molar-refractivity contribution in [1.29, 1.82) is 0 Å². The molecule has 0 saturated heterocycles. The molecule has 2 aliphatic rings. The van der Waals surface area contributed by atoms with Crippen LogP contribution in [-0.4, -0.2) is 39.1 Å². The first-order valence-corrected chi connectivity index (χ1v) is 12.6. The van der Waals surface area contributed by atoms with E-state index in [1.54, 1.807) is 36.1 Å². The molecule has 1 unspecified atom stereocenters. The molecule has 7 heteroatoms. The Bertz CT molecular complexity index is 1120. The average Bonchev–Trinajstić information content (AvgIpc) is 3.26. The molecule has 1 aliphatic heterocycles. The smallest absolute Gasteiger partial charge is 0.230 e. The van der Waals surface area contributed by atoms with Gasteiger partial charge in [0.15, 0.2) is 9.84 Å². The Hall–Kier alpha value is -2.67. The molecule has 0 radical (unpaired) electrons. The first kappa shape index (κ1) is 21.6. The number of fused-ring (bicyclic) bond motifs is 1. The fraction of sp³-hybridized carbons (Fsp3) is 0.417. The lowest BCUT2D eigenvalue weighted by molar-refractivity contribution is -0.122. The van der Waals surface area contributed by atoms with Gasteiger partial charge < -0.3 is 9.80 Å². The van der Waals surface area contributed by atoms with E-state index in [-0.39, 0.29) is 28.7 Å². The van der Waals surface area contributed by atoms with E-state index in [0.717, 1.165) is 48.2 Å². The number of carbonyl (C=O) groups is 2. The summed E-state index contributed by atoms with van der Waals surface area (Å²) in [6, 6.07) is 12.4. The van der Waals surface area contributed by atoms with Crippen LogP contribution in [0.2, 0.25) is 0 Å². The van der Waals surface area contributed by atoms with E-state index >= 15 is 0 Å². The molecule has 2 aromatic carbocycles. The summed E-state index contributed by atoms with van der Waals surface area (Å²) in [5.41, 5.74) is 3.22. The number of hydrogen-bond donors (Lipinski definition) is 0. The van der Waals surface area contributed by atoms with Gasteiger partial charge in [-0.2, -0.15) is 0 Å². The van der Waals surface area contributed by atoms with Gasteiger partial charge in [-0.3, -0.25) is 9.59 Å². The van der Waals surface area contributed by atoms with E-state index in [4.69, 9.17) is 0 Å². The molecule has 2 amide bonds. The Morgan fingerprint density at radius 2 is 1.55 bits per heavy atom. The van der Waals surface area contributed by atoms with Gasteiger partial charge in [-0.1, -0.05) is 31.0 Å². The lowest BCUT2D eigenvalue weighted by Gasteiger charge is -2.41. The Kier molecular flexibility index (Phi) is 5.64. The van der Waals surface area contributed by atoms with Gasteiger partial charge >= 0.3 is 0 Å². The van der Waals surface area contributed by atoms with Gasteiger partial charge in [0.2, 0.25) is 11.8 Å². The van der Waals surface area contributed by atoms with Gasteiger partial charge in [0.05, 0.1) is 22.3 Å². The van der Waals surface area contributed by atoms with Crippen molar-refractivity contribution in [2.24, 2.45) is 5.92 Å². The molecule has 1 saturated carbocycles. The largest absolute Gasteiger partial charge is 0.308 e. The van der Waals surface area contributed by atoms with Crippen LogP contribution >= 0.6 is 0 Å². The molecule has 1 fully saturated rings. The molecule has 164 valence electrons. The van der Waals surface area contributed by atoms with Gasteiger partial charge in [-0.25, -0.2) is 8.42 Å². The summed E-state index contributed by atoms with van der Waals surface area (Å²) in [4.78, 5) is 29.6. The summed E-state index contributed by atoms with van der Waals surface area (Å²) in [6.07, 6.45) is 5.19. The predicted molar refractivity (Wildman–Crippen MR) is 122 cm³/mol. The predicted octanol–water partition coefficient (Wildman–Crippen LogP) is 4.04. The molecule has 0 N–H and O–H groups in total. The van der Waals surface area contributed by atoms with Crippen LogP contribution < -0.4 is 9.80 Å². The molecular formula is C24H28N2O4S. The van der Waals surface area contributed by atoms with E-state index < -0.39 is 9.84 Å². The number of carbonyl (C=O) groups excluding carboxylic acids is 2.